The quantitative estimate of drug-likeness (QED) is 0.140. The number of carbonyl (C=O) groups excluding carboxylic acids is 1. The highest BCUT2D eigenvalue weighted by molar-refractivity contribution is 7.48. The molecule has 1 unspecified atom stereocenters. The molecule has 0 bridgehead atoms. The van der Waals surface area contributed by atoms with Crippen LogP contribution in [-0.4, -0.2) is 67.1 Å². The second kappa shape index (κ2) is 27.9. The van der Waals surface area contributed by atoms with Crippen molar-refractivity contribution < 1.29 is 76.5 Å². The van der Waals surface area contributed by atoms with E-state index < -0.39 is 50.5 Å². The van der Waals surface area contributed by atoms with E-state index in [9.17, 15) is 14.5 Å². The van der Waals surface area contributed by atoms with Crippen LogP contribution in [-0.2, 0) is 43.7 Å². The maximum absolute atomic E-state index is 13.9. The molecule has 0 aliphatic carbocycles. The van der Waals surface area contributed by atoms with Crippen molar-refractivity contribution in [2.45, 2.75) is 84.4 Å². The second-order valence-corrected chi connectivity index (χ2v) is 13.5. The zero-order chi connectivity index (χ0) is 42.3. The average molecular weight is 840 g/mol. The molecule has 1 aliphatic heterocycles. The van der Waals surface area contributed by atoms with Gasteiger partial charge in [0.25, 0.3) is 5.91 Å². The van der Waals surface area contributed by atoms with Gasteiger partial charge < -0.3 is 24.6 Å². The molecule has 0 radical (unpaired) electrons. The van der Waals surface area contributed by atoms with Crippen molar-refractivity contribution >= 4 is 13.7 Å². The topological polar surface area (TPSA) is 122 Å². The monoisotopic (exact) mass is 840 g/mol. The van der Waals surface area contributed by atoms with Crippen LogP contribution < -0.4 is 5.32 Å². The van der Waals surface area contributed by atoms with E-state index in [0.717, 1.165) is 5.56 Å². The largest absolute Gasteiger partial charge is 0.475 e. The van der Waals surface area contributed by atoms with Gasteiger partial charge in [-0.1, -0.05) is 36.3 Å². The molecule has 1 aromatic rings. The van der Waals surface area contributed by atoms with Crippen molar-refractivity contribution in [3.8, 4) is 142 Å². The van der Waals surface area contributed by atoms with Crippen LogP contribution >= 0.6 is 7.82 Å². The van der Waals surface area contributed by atoms with Gasteiger partial charge in [0.15, 0.2) is 5.79 Å². The lowest BCUT2D eigenvalue weighted by molar-refractivity contribution is -0.142. The number of hydrogen-bond donors (Lipinski definition) is 2. The third kappa shape index (κ3) is 22.7. The molecule has 58 heavy (non-hydrogen) atoms. The molecule has 1 amide bonds. The first-order valence-corrected chi connectivity index (χ1v) is 18.8. The first-order valence-electron chi connectivity index (χ1n) is 17.4. The van der Waals surface area contributed by atoms with Crippen LogP contribution in [0, 0.1) is 142 Å². The number of benzene rings is 1. The SMILES string of the molecule is CC#CC#CC#CC#CC#CC#CC#CC#CC#CC#CC#CC#CC(=O)N[C@@H](COP(=O)(OCc1ccccc1)OC[C@H]1COC(C)(C)O1)[C@H](OC(C)C)[C@@H](C)O.[HH].[HH].[HH].[HH].[HH].[HH].[HH].[HH].[HH].[HH].[HH].[HH].[HH].[HH].[HH].[HH].[HH].[HH].[HH].[HH].[HH].[HH].[HH].[HH]. The maximum atomic E-state index is 13.9. The summed E-state index contributed by atoms with van der Waals surface area (Å²) in [5, 5.41) is 13.2. The summed E-state index contributed by atoms with van der Waals surface area (Å²) in [6, 6.07) is 7.96. The highest BCUT2D eigenvalue weighted by atomic mass is 31.2. The molecule has 1 fully saturated rings. The standard InChI is InChI=1S/C47H38NO9P.24H2/c1-7-8-9-10-11-12-13-14-15-16-17-18-19-20-21-22-23-24-25-26-27-28-32-35-45(50)48-44(46(41(4)49)56-40(2)3)39-55-58(51,53-36-42-33-30-29-31-34-42)54-38-43-37-52-47(5,6)57-43;;;;;;;;;;;;;;;;;;;;;;;;/h29-31,33-34,40-41,43-44,46,49H,36-39H2,1-6H3,(H,48,50);24*1H/t41-,43-,44+,46-,58?;;;;;;;;;;;;;;;;;;;;;;;;/m1......................../s1. The van der Waals surface area contributed by atoms with E-state index in [0.29, 0.717) is 0 Å². The lowest BCUT2D eigenvalue weighted by Gasteiger charge is -2.31. The third-order valence-electron chi connectivity index (χ3n) is 6.36. The van der Waals surface area contributed by atoms with Crippen LogP contribution in [0.15, 0.2) is 30.3 Å². The normalized spacial score (nSPS) is 14.7. The minimum Gasteiger partial charge on any atom is -0.391 e. The minimum absolute atomic E-state index is 0. The predicted octanol–water partition coefficient (Wildman–Crippen LogP) is 9.12. The molecule has 10 nitrogen and oxygen atoms in total. The molecule has 338 valence electrons. The predicted molar refractivity (Wildman–Crippen MR) is 269 cm³/mol. The molecule has 11 heteroatoms. The number of nitrogens with one attached hydrogen (secondary N) is 1. The summed E-state index contributed by atoms with van der Waals surface area (Å²) in [4.78, 5) is 12.9. The van der Waals surface area contributed by atoms with E-state index in [1.165, 1.54) is 6.92 Å². The number of carbonyl (C=O) groups is 1. The molecule has 2 N–H and O–H groups in total. The van der Waals surface area contributed by atoms with Gasteiger partial charge in [0.1, 0.15) is 12.2 Å². The van der Waals surface area contributed by atoms with Gasteiger partial charge in [-0.2, -0.15) is 0 Å². The zero-order valence-corrected chi connectivity index (χ0v) is 33.7. The maximum Gasteiger partial charge on any atom is 0.475 e. The lowest BCUT2D eigenvalue weighted by atomic mass is 10.1. The van der Waals surface area contributed by atoms with E-state index in [-0.39, 0.29) is 60.2 Å². The van der Waals surface area contributed by atoms with Crippen molar-refractivity contribution in [1.82, 2.24) is 5.32 Å². The molecule has 0 spiro atoms. The van der Waals surface area contributed by atoms with Crippen LogP contribution in [0.1, 0.15) is 81.3 Å². The van der Waals surface area contributed by atoms with Gasteiger partial charge in [-0.3, -0.25) is 18.4 Å². The third-order valence-corrected chi connectivity index (χ3v) is 7.74. The van der Waals surface area contributed by atoms with Crippen LogP contribution in [0.2, 0.25) is 0 Å². The molecule has 1 heterocycles. The molecule has 5 atom stereocenters. The number of rotatable bonds is 14. The zero-order valence-electron chi connectivity index (χ0n) is 32.8. The highest BCUT2D eigenvalue weighted by Crippen LogP contribution is 2.51. The van der Waals surface area contributed by atoms with Gasteiger partial charge in [-0.05, 0) is 142 Å². The molecule has 0 saturated carbocycles. The summed E-state index contributed by atoms with van der Waals surface area (Å²) in [6.07, 6.45) is -2.97. The van der Waals surface area contributed by atoms with Crippen LogP contribution in [0.4, 0.5) is 0 Å². The fraction of sp³-hybridized carbons (Fsp3) is 0.340. The van der Waals surface area contributed by atoms with Crippen LogP contribution in [0.3, 0.4) is 0 Å². The Bertz CT molecular complexity index is 2510. The number of amides is 1. The molecular formula is C47H86NO9P. The van der Waals surface area contributed by atoms with Crippen molar-refractivity contribution in [2.24, 2.45) is 0 Å². The smallest absolute Gasteiger partial charge is 0.391 e. The van der Waals surface area contributed by atoms with E-state index in [1.807, 2.05) is 6.07 Å². The van der Waals surface area contributed by atoms with Gasteiger partial charge in [0.05, 0.1) is 44.7 Å². The van der Waals surface area contributed by atoms with E-state index >= 15 is 0 Å². The first-order chi connectivity index (χ1) is 27.9. The molecule has 1 aromatic carbocycles. The van der Waals surface area contributed by atoms with Gasteiger partial charge in [0.2, 0.25) is 0 Å². The number of hydrogen-bond acceptors (Lipinski definition) is 9. The molecule has 1 aliphatic rings. The molecule has 0 aromatic heterocycles. The Morgan fingerprint density at radius 1 is 0.793 bits per heavy atom. The highest BCUT2D eigenvalue weighted by Gasteiger charge is 2.38. The fourth-order valence-corrected chi connectivity index (χ4v) is 5.31. The van der Waals surface area contributed by atoms with Crippen molar-refractivity contribution in [1.29, 1.82) is 0 Å². The summed E-state index contributed by atoms with van der Waals surface area (Å²) in [7, 11) is -4.29. The molecule has 1 saturated heterocycles. The van der Waals surface area contributed by atoms with E-state index in [2.05, 4.69) is 147 Å². The minimum atomic E-state index is -4.29. The molecular weight excluding hydrogens is 753 g/mol. The number of phosphoric acid groups is 1. The van der Waals surface area contributed by atoms with Crippen LogP contribution in [0.25, 0.3) is 0 Å². The van der Waals surface area contributed by atoms with Gasteiger partial charge >= 0.3 is 7.82 Å². The summed E-state index contributed by atoms with van der Waals surface area (Å²) >= 11 is 0. The first kappa shape index (κ1) is 47.5. The van der Waals surface area contributed by atoms with Crippen molar-refractivity contribution in [2.75, 3.05) is 19.8 Å². The average Bonchev–Trinajstić information content (AvgIpc) is 3.55. The summed E-state index contributed by atoms with van der Waals surface area (Å²) in [5.74, 6) is 58.1. The Morgan fingerprint density at radius 3 is 1.71 bits per heavy atom. The molecule has 2 rings (SSSR count). The summed E-state index contributed by atoms with van der Waals surface area (Å²) in [5.41, 5.74) is 0.718. The summed E-state index contributed by atoms with van der Waals surface area (Å²) < 4.78 is 48.2. The second-order valence-electron chi connectivity index (χ2n) is 11.8. The number of aliphatic hydroxyl groups excluding tert-OH is 1. The summed E-state index contributed by atoms with van der Waals surface area (Å²) in [6.45, 7) is 9.69. The van der Waals surface area contributed by atoms with Gasteiger partial charge in [-0.25, -0.2) is 4.57 Å². The number of aliphatic hydroxyl groups is 1. The van der Waals surface area contributed by atoms with Crippen molar-refractivity contribution in [3.63, 3.8) is 0 Å². The Labute approximate surface area is 378 Å². The van der Waals surface area contributed by atoms with Crippen LogP contribution in [0.5, 0.6) is 0 Å². The Morgan fingerprint density at radius 2 is 1.28 bits per heavy atom. The van der Waals surface area contributed by atoms with E-state index in [4.69, 9.17) is 27.8 Å². The Hall–Kier alpha value is -6.64. The van der Waals surface area contributed by atoms with Crippen molar-refractivity contribution in [3.05, 3.63) is 35.9 Å². The van der Waals surface area contributed by atoms with Gasteiger partial charge in [-0.15, -0.1) is 0 Å². The Balaban J connectivity index is -0.0000000691. The number of ether oxygens (including phenoxy) is 3. The Kier molecular flexibility index (Phi) is 22.8. The van der Waals surface area contributed by atoms with Gasteiger partial charge in [0, 0.05) is 75.7 Å². The number of phosphoric ester groups is 1. The lowest BCUT2D eigenvalue weighted by Crippen LogP contribution is -2.52. The fourth-order valence-electron chi connectivity index (χ4n) is 4.09. The van der Waals surface area contributed by atoms with E-state index in [1.54, 1.807) is 58.9 Å².